The molecule has 3 aromatic rings. The van der Waals surface area contributed by atoms with E-state index in [9.17, 15) is 4.79 Å². The van der Waals surface area contributed by atoms with Gasteiger partial charge in [0, 0.05) is 44.3 Å². The maximum atomic E-state index is 13.0. The van der Waals surface area contributed by atoms with Gasteiger partial charge in [-0.15, -0.1) is 0 Å². The molecule has 1 N–H and O–H groups in total. The van der Waals surface area contributed by atoms with Crippen LogP contribution in [0.5, 0.6) is 0 Å². The summed E-state index contributed by atoms with van der Waals surface area (Å²) in [5, 5.41) is 4.43. The average Bonchev–Trinajstić information content (AvgIpc) is 2.90. The van der Waals surface area contributed by atoms with Crippen molar-refractivity contribution in [1.29, 1.82) is 0 Å². The maximum absolute atomic E-state index is 13.0. The number of hydrogen-bond acceptors (Lipinski definition) is 4. The molecule has 1 aliphatic rings. The van der Waals surface area contributed by atoms with E-state index in [-0.39, 0.29) is 11.9 Å². The molecule has 4 rings (SSSR count). The maximum Gasteiger partial charge on any atom is 0.254 e. The van der Waals surface area contributed by atoms with Gasteiger partial charge in [-0.25, -0.2) is 0 Å². The largest absolute Gasteiger partial charge is 0.347 e. The predicted molar refractivity (Wildman–Crippen MR) is 117 cm³/mol. The SMILES string of the molecule is CN1CCN(Cc2ccccc2)CC(NC(=O)c2cnc3ccccc3c2Cl)C1. The lowest BCUT2D eigenvalue weighted by Crippen LogP contribution is -2.46. The van der Waals surface area contributed by atoms with Crippen LogP contribution in [0.2, 0.25) is 5.02 Å². The van der Waals surface area contributed by atoms with E-state index < -0.39 is 0 Å². The first-order valence-corrected chi connectivity index (χ1v) is 10.3. The van der Waals surface area contributed by atoms with Gasteiger partial charge in [-0.2, -0.15) is 0 Å². The van der Waals surface area contributed by atoms with Crippen LogP contribution in [0, 0.1) is 0 Å². The minimum Gasteiger partial charge on any atom is -0.347 e. The van der Waals surface area contributed by atoms with Gasteiger partial charge in [-0.3, -0.25) is 14.7 Å². The van der Waals surface area contributed by atoms with E-state index in [4.69, 9.17) is 11.6 Å². The molecule has 1 unspecified atom stereocenters. The number of para-hydroxylation sites is 1. The Labute approximate surface area is 176 Å². The van der Waals surface area contributed by atoms with Crippen LogP contribution in [0.3, 0.4) is 0 Å². The molecule has 150 valence electrons. The molecule has 1 fully saturated rings. The Morgan fingerprint density at radius 3 is 2.69 bits per heavy atom. The summed E-state index contributed by atoms with van der Waals surface area (Å²) in [6, 6.07) is 18.1. The highest BCUT2D eigenvalue weighted by Crippen LogP contribution is 2.25. The van der Waals surface area contributed by atoms with Gasteiger partial charge in [0.15, 0.2) is 0 Å². The Hall–Kier alpha value is -2.47. The van der Waals surface area contributed by atoms with Gasteiger partial charge in [0.2, 0.25) is 0 Å². The van der Waals surface area contributed by atoms with Crippen LogP contribution in [0.25, 0.3) is 10.9 Å². The van der Waals surface area contributed by atoms with E-state index in [1.807, 2.05) is 30.3 Å². The number of hydrogen-bond donors (Lipinski definition) is 1. The fourth-order valence-corrected chi connectivity index (χ4v) is 4.14. The summed E-state index contributed by atoms with van der Waals surface area (Å²) in [6.45, 7) is 4.41. The van der Waals surface area contributed by atoms with Crippen molar-refractivity contribution in [3.8, 4) is 0 Å². The summed E-state index contributed by atoms with van der Waals surface area (Å²) in [6.07, 6.45) is 1.57. The minimum atomic E-state index is -0.173. The number of carbonyl (C=O) groups is 1. The molecule has 0 bridgehead atoms. The van der Waals surface area contributed by atoms with Gasteiger partial charge in [-0.05, 0) is 18.7 Å². The van der Waals surface area contributed by atoms with Crippen LogP contribution >= 0.6 is 11.6 Å². The number of pyridine rings is 1. The standard InChI is InChI=1S/C23H25ClN4O/c1-27-11-12-28(14-17-7-3-2-4-8-17)16-18(15-27)26-23(29)20-13-25-21-10-6-5-9-19(21)22(20)24/h2-10,13,18H,11-12,14-16H2,1H3,(H,26,29). The molecule has 0 spiro atoms. The number of carbonyl (C=O) groups excluding carboxylic acids is 1. The summed E-state index contributed by atoms with van der Waals surface area (Å²) in [5.41, 5.74) is 2.49. The van der Waals surface area contributed by atoms with E-state index in [2.05, 4.69) is 51.4 Å². The molecule has 5 nitrogen and oxygen atoms in total. The van der Waals surface area contributed by atoms with Gasteiger partial charge in [-0.1, -0.05) is 60.1 Å². The molecule has 29 heavy (non-hydrogen) atoms. The van der Waals surface area contributed by atoms with Crippen LogP contribution in [0.1, 0.15) is 15.9 Å². The van der Waals surface area contributed by atoms with E-state index in [0.717, 1.165) is 43.6 Å². The molecule has 0 radical (unpaired) electrons. The van der Waals surface area contributed by atoms with Crippen molar-refractivity contribution in [1.82, 2.24) is 20.1 Å². The molecule has 1 aromatic heterocycles. The van der Waals surface area contributed by atoms with Crippen molar-refractivity contribution in [2.24, 2.45) is 0 Å². The fraction of sp³-hybridized carbons (Fsp3) is 0.304. The Bertz CT molecular complexity index is 995. The normalized spacial score (nSPS) is 18.5. The topological polar surface area (TPSA) is 48.5 Å². The molecule has 0 aliphatic carbocycles. The Balaban J connectivity index is 1.49. The third-order valence-corrected chi connectivity index (χ3v) is 5.75. The molecule has 0 saturated carbocycles. The molecule has 1 saturated heterocycles. The second kappa shape index (κ2) is 8.91. The molecule has 1 atom stereocenters. The first-order chi connectivity index (χ1) is 14.1. The van der Waals surface area contributed by atoms with Gasteiger partial charge >= 0.3 is 0 Å². The lowest BCUT2D eigenvalue weighted by atomic mass is 10.1. The third-order valence-electron chi connectivity index (χ3n) is 5.35. The molecular formula is C23H25ClN4O. The molecule has 6 heteroatoms. The smallest absolute Gasteiger partial charge is 0.254 e. The Morgan fingerprint density at radius 2 is 1.86 bits per heavy atom. The predicted octanol–water partition coefficient (Wildman–Crippen LogP) is 3.43. The van der Waals surface area contributed by atoms with Crippen LogP contribution in [0.4, 0.5) is 0 Å². The van der Waals surface area contributed by atoms with Gasteiger partial charge < -0.3 is 10.2 Å². The van der Waals surface area contributed by atoms with Crippen molar-refractivity contribution < 1.29 is 4.79 Å². The van der Waals surface area contributed by atoms with Crippen molar-refractivity contribution in [3.63, 3.8) is 0 Å². The summed E-state index contributed by atoms with van der Waals surface area (Å²) in [7, 11) is 2.09. The average molecular weight is 409 g/mol. The van der Waals surface area contributed by atoms with E-state index in [1.165, 1.54) is 5.56 Å². The Morgan fingerprint density at radius 1 is 1.10 bits per heavy atom. The molecular weight excluding hydrogens is 384 g/mol. The number of rotatable bonds is 4. The second-order valence-electron chi connectivity index (χ2n) is 7.66. The van der Waals surface area contributed by atoms with Crippen LogP contribution < -0.4 is 5.32 Å². The zero-order valence-electron chi connectivity index (χ0n) is 16.5. The second-order valence-corrected chi connectivity index (χ2v) is 8.03. The number of benzene rings is 2. The van der Waals surface area contributed by atoms with Crippen molar-refractivity contribution >= 4 is 28.4 Å². The number of nitrogens with one attached hydrogen (secondary N) is 1. The highest BCUT2D eigenvalue weighted by atomic mass is 35.5. The zero-order valence-corrected chi connectivity index (χ0v) is 17.3. The lowest BCUT2D eigenvalue weighted by Gasteiger charge is -2.25. The van der Waals surface area contributed by atoms with Gasteiger partial charge in [0.05, 0.1) is 22.1 Å². The minimum absolute atomic E-state index is 0.0150. The van der Waals surface area contributed by atoms with E-state index >= 15 is 0 Å². The first-order valence-electron chi connectivity index (χ1n) is 9.89. The van der Waals surface area contributed by atoms with Crippen molar-refractivity contribution in [3.05, 3.63) is 76.9 Å². The van der Waals surface area contributed by atoms with E-state index in [0.29, 0.717) is 10.6 Å². The monoisotopic (exact) mass is 408 g/mol. The number of likely N-dealkylation sites (N-methyl/N-ethyl adjacent to an activating group) is 1. The number of aromatic nitrogens is 1. The highest BCUT2D eigenvalue weighted by molar-refractivity contribution is 6.38. The van der Waals surface area contributed by atoms with Crippen molar-refractivity contribution in [2.45, 2.75) is 12.6 Å². The van der Waals surface area contributed by atoms with Crippen LogP contribution in [-0.2, 0) is 6.54 Å². The number of halogens is 1. The van der Waals surface area contributed by atoms with Crippen LogP contribution in [-0.4, -0.2) is 60.0 Å². The lowest BCUT2D eigenvalue weighted by molar-refractivity contribution is 0.0924. The summed E-state index contributed by atoms with van der Waals surface area (Å²) in [5.74, 6) is -0.173. The van der Waals surface area contributed by atoms with Crippen molar-refractivity contribution in [2.75, 3.05) is 33.2 Å². The van der Waals surface area contributed by atoms with Crippen LogP contribution in [0.15, 0.2) is 60.8 Å². The highest BCUT2D eigenvalue weighted by Gasteiger charge is 2.24. The quantitative estimate of drug-likeness (QED) is 0.718. The fourth-order valence-electron chi connectivity index (χ4n) is 3.85. The summed E-state index contributed by atoms with van der Waals surface area (Å²) < 4.78 is 0. The number of nitrogens with zero attached hydrogens (tertiary/aromatic N) is 3. The molecule has 1 amide bonds. The molecule has 2 aromatic carbocycles. The summed E-state index contributed by atoms with van der Waals surface area (Å²) >= 11 is 6.53. The molecule has 2 heterocycles. The third kappa shape index (κ3) is 4.75. The zero-order chi connectivity index (χ0) is 20.2. The van der Waals surface area contributed by atoms with E-state index in [1.54, 1.807) is 6.20 Å². The van der Waals surface area contributed by atoms with Gasteiger partial charge in [0.25, 0.3) is 5.91 Å². The number of fused-ring (bicyclic) bond motifs is 1. The van der Waals surface area contributed by atoms with Gasteiger partial charge in [0.1, 0.15) is 0 Å². The molecule has 1 aliphatic heterocycles. The summed E-state index contributed by atoms with van der Waals surface area (Å²) in [4.78, 5) is 22.0. The Kier molecular flexibility index (Phi) is 6.09. The first kappa shape index (κ1) is 19.8. The number of amides is 1.